The van der Waals surface area contributed by atoms with Gasteiger partial charge in [0.1, 0.15) is 5.82 Å². The van der Waals surface area contributed by atoms with Gasteiger partial charge in [-0.1, -0.05) is 12.1 Å². The molecule has 1 atom stereocenters. The van der Waals surface area contributed by atoms with Crippen LogP contribution in [-0.4, -0.2) is 35.1 Å². The van der Waals surface area contributed by atoms with Crippen molar-refractivity contribution < 1.29 is 13.9 Å². The van der Waals surface area contributed by atoms with E-state index >= 15 is 0 Å². The quantitative estimate of drug-likeness (QED) is 0.849. The van der Waals surface area contributed by atoms with Crippen molar-refractivity contribution in [3.05, 3.63) is 53.6 Å². The van der Waals surface area contributed by atoms with E-state index < -0.39 is 0 Å². The van der Waals surface area contributed by atoms with Crippen molar-refractivity contribution >= 4 is 11.9 Å². The zero-order valence-electron chi connectivity index (χ0n) is 13.2. The summed E-state index contributed by atoms with van der Waals surface area (Å²) in [7, 11) is 0. The molecule has 1 aromatic heterocycles. The van der Waals surface area contributed by atoms with Gasteiger partial charge in [0.25, 0.3) is 5.91 Å². The van der Waals surface area contributed by atoms with Crippen LogP contribution >= 0.6 is 0 Å². The first-order chi connectivity index (χ1) is 11.7. The van der Waals surface area contributed by atoms with Gasteiger partial charge in [0.05, 0.1) is 11.7 Å². The number of benzene rings is 1. The molecule has 0 bridgehead atoms. The van der Waals surface area contributed by atoms with Crippen molar-refractivity contribution in [2.45, 2.75) is 25.5 Å². The molecule has 3 rings (SSSR count). The first-order valence-corrected chi connectivity index (χ1v) is 7.91. The third kappa shape index (κ3) is 4.48. The molecule has 1 saturated heterocycles. The standard InChI is InChI=1S/C17H19FN4O2/c18-14-5-3-12(4-6-14)8-19-16(23)13-9-20-17(21-10-13)22-11-15-2-1-7-24-15/h3-6,9-10,15H,1-2,7-8,11H2,(H,19,23)(H,20,21,22). The SMILES string of the molecule is O=C(NCc1ccc(F)cc1)c1cnc(NCC2CCCO2)nc1. The molecule has 2 N–H and O–H groups in total. The maximum Gasteiger partial charge on any atom is 0.254 e. The number of carbonyl (C=O) groups excluding carboxylic acids is 1. The minimum absolute atomic E-state index is 0.201. The summed E-state index contributed by atoms with van der Waals surface area (Å²) in [6.07, 6.45) is 5.28. The van der Waals surface area contributed by atoms with Crippen LogP contribution in [0.2, 0.25) is 0 Å². The average Bonchev–Trinajstić information content (AvgIpc) is 3.13. The lowest BCUT2D eigenvalue weighted by Gasteiger charge is -2.10. The van der Waals surface area contributed by atoms with E-state index in [0.717, 1.165) is 25.0 Å². The molecule has 126 valence electrons. The van der Waals surface area contributed by atoms with Crippen LogP contribution in [0, 0.1) is 5.82 Å². The number of ether oxygens (including phenoxy) is 1. The molecule has 0 spiro atoms. The number of amides is 1. The van der Waals surface area contributed by atoms with Crippen molar-refractivity contribution in [2.75, 3.05) is 18.5 Å². The molecule has 1 amide bonds. The Morgan fingerprint density at radius 2 is 2.00 bits per heavy atom. The number of hydrogen-bond acceptors (Lipinski definition) is 5. The molecule has 1 aliphatic heterocycles. The van der Waals surface area contributed by atoms with Crippen molar-refractivity contribution in [2.24, 2.45) is 0 Å². The van der Waals surface area contributed by atoms with Crippen LogP contribution in [0.5, 0.6) is 0 Å². The van der Waals surface area contributed by atoms with Crippen molar-refractivity contribution in [1.29, 1.82) is 0 Å². The van der Waals surface area contributed by atoms with Crippen LogP contribution in [0.25, 0.3) is 0 Å². The van der Waals surface area contributed by atoms with E-state index in [9.17, 15) is 9.18 Å². The van der Waals surface area contributed by atoms with Crippen molar-refractivity contribution in [3.63, 3.8) is 0 Å². The van der Waals surface area contributed by atoms with Gasteiger partial charge in [-0.2, -0.15) is 0 Å². The summed E-state index contributed by atoms with van der Waals surface area (Å²) in [5.41, 5.74) is 1.19. The van der Waals surface area contributed by atoms with Crippen LogP contribution in [0.1, 0.15) is 28.8 Å². The molecule has 1 fully saturated rings. The molecular formula is C17H19FN4O2. The Morgan fingerprint density at radius 1 is 1.25 bits per heavy atom. The van der Waals surface area contributed by atoms with Crippen LogP contribution in [0.4, 0.5) is 10.3 Å². The second-order valence-electron chi connectivity index (χ2n) is 5.62. The third-order valence-electron chi connectivity index (χ3n) is 3.79. The van der Waals surface area contributed by atoms with Crippen molar-refractivity contribution in [3.8, 4) is 0 Å². The fraction of sp³-hybridized carbons (Fsp3) is 0.353. The van der Waals surface area contributed by atoms with Crippen LogP contribution < -0.4 is 10.6 Å². The van der Waals surface area contributed by atoms with E-state index in [1.807, 2.05) is 0 Å². The summed E-state index contributed by atoms with van der Waals surface area (Å²) in [5, 5.41) is 5.85. The molecule has 0 saturated carbocycles. The van der Waals surface area contributed by atoms with E-state index in [1.165, 1.54) is 24.5 Å². The average molecular weight is 330 g/mol. The van der Waals surface area contributed by atoms with E-state index in [0.29, 0.717) is 24.6 Å². The van der Waals surface area contributed by atoms with E-state index in [-0.39, 0.29) is 17.8 Å². The molecule has 6 nitrogen and oxygen atoms in total. The summed E-state index contributed by atoms with van der Waals surface area (Å²) < 4.78 is 18.3. The fourth-order valence-corrected chi connectivity index (χ4v) is 2.43. The van der Waals surface area contributed by atoms with Gasteiger partial charge < -0.3 is 15.4 Å². The lowest BCUT2D eigenvalue weighted by Crippen LogP contribution is -2.23. The monoisotopic (exact) mass is 330 g/mol. The molecule has 1 aliphatic rings. The number of hydrogen-bond donors (Lipinski definition) is 2. The van der Waals surface area contributed by atoms with Gasteiger partial charge in [0.2, 0.25) is 5.95 Å². The lowest BCUT2D eigenvalue weighted by molar-refractivity contribution is 0.0950. The summed E-state index contributed by atoms with van der Waals surface area (Å²) >= 11 is 0. The number of nitrogens with one attached hydrogen (secondary N) is 2. The topological polar surface area (TPSA) is 76.1 Å². The van der Waals surface area contributed by atoms with Crippen molar-refractivity contribution in [1.82, 2.24) is 15.3 Å². The number of aromatic nitrogens is 2. The maximum absolute atomic E-state index is 12.8. The van der Waals surface area contributed by atoms with Crippen LogP contribution in [0.3, 0.4) is 0 Å². The Kier molecular flexibility index (Phi) is 5.32. The molecule has 0 aliphatic carbocycles. The molecule has 1 aromatic carbocycles. The van der Waals surface area contributed by atoms with E-state index in [1.54, 1.807) is 12.1 Å². The summed E-state index contributed by atoms with van der Waals surface area (Å²) in [5.74, 6) is -0.102. The molecule has 7 heteroatoms. The first kappa shape index (κ1) is 16.3. The highest BCUT2D eigenvalue weighted by molar-refractivity contribution is 5.93. The van der Waals surface area contributed by atoms with Gasteiger partial charge >= 0.3 is 0 Å². The van der Waals surface area contributed by atoms with Gasteiger partial charge in [-0.15, -0.1) is 0 Å². The number of carbonyl (C=O) groups is 1. The first-order valence-electron chi connectivity index (χ1n) is 7.91. The molecule has 1 unspecified atom stereocenters. The Bertz CT molecular complexity index is 670. The summed E-state index contributed by atoms with van der Waals surface area (Å²) in [4.78, 5) is 20.3. The normalized spacial score (nSPS) is 16.8. The number of anilines is 1. The predicted octanol–water partition coefficient (Wildman–Crippen LogP) is 2.14. The van der Waals surface area contributed by atoms with Gasteiger partial charge in [-0.25, -0.2) is 14.4 Å². The minimum Gasteiger partial charge on any atom is -0.376 e. The molecule has 2 aromatic rings. The Hall–Kier alpha value is -2.54. The van der Waals surface area contributed by atoms with Gasteiger partial charge in [0.15, 0.2) is 0 Å². The summed E-state index contributed by atoms with van der Waals surface area (Å²) in [6.45, 7) is 1.79. The second-order valence-corrected chi connectivity index (χ2v) is 5.62. The highest BCUT2D eigenvalue weighted by Gasteiger charge is 2.15. The number of halogens is 1. The lowest BCUT2D eigenvalue weighted by atomic mass is 10.2. The van der Waals surface area contributed by atoms with E-state index in [2.05, 4.69) is 20.6 Å². The minimum atomic E-state index is -0.301. The van der Waals surface area contributed by atoms with Crippen LogP contribution in [-0.2, 0) is 11.3 Å². The highest BCUT2D eigenvalue weighted by Crippen LogP contribution is 2.12. The largest absolute Gasteiger partial charge is 0.376 e. The number of nitrogens with zero attached hydrogens (tertiary/aromatic N) is 2. The fourth-order valence-electron chi connectivity index (χ4n) is 2.43. The Labute approximate surface area is 139 Å². The second kappa shape index (κ2) is 7.83. The highest BCUT2D eigenvalue weighted by atomic mass is 19.1. The summed E-state index contributed by atoms with van der Waals surface area (Å²) in [6, 6.07) is 5.98. The zero-order chi connectivity index (χ0) is 16.8. The maximum atomic E-state index is 12.8. The van der Waals surface area contributed by atoms with Gasteiger partial charge in [-0.3, -0.25) is 4.79 Å². The molecule has 0 radical (unpaired) electrons. The molecular weight excluding hydrogens is 311 g/mol. The molecule has 24 heavy (non-hydrogen) atoms. The Morgan fingerprint density at radius 3 is 2.67 bits per heavy atom. The Balaban J connectivity index is 1.48. The smallest absolute Gasteiger partial charge is 0.254 e. The van der Waals surface area contributed by atoms with Gasteiger partial charge in [-0.05, 0) is 30.5 Å². The zero-order valence-corrected chi connectivity index (χ0v) is 13.2. The molecule has 2 heterocycles. The van der Waals surface area contributed by atoms with Gasteiger partial charge in [0, 0.05) is 32.1 Å². The van der Waals surface area contributed by atoms with E-state index in [4.69, 9.17) is 4.74 Å². The van der Waals surface area contributed by atoms with Crippen LogP contribution in [0.15, 0.2) is 36.7 Å². The predicted molar refractivity (Wildman–Crippen MR) is 87.1 cm³/mol. The number of rotatable bonds is 6. The third-order valence-corrected chi connectivity index (χ3v) is 3.79.